The van der Waals surface area contributed by atoms with Crippen LogP contribution in [0.15, 0.2) is 30.3 Å². The lowest BCUT2D eigenvalue weighted by molar-refractivity contribution is 0.924. The molecule has 2 nitrogen and oxygen atoms in total. The molecule has 1 aromatic heterocycles. The van der Waals surface area contributed by atoms with E-state index in [9.17, 15) is 0 Å². The van der Waals surface area contributed by atoms with Crippen LogP contribution in [-0.4, -0.2) is 9.97 Å². The Morgan fingerprint density at radius 3 is 2.76 bits per heavy atom. The molecule has 4 heteroatoms. The van der Waals surface area contributed by atoms with Crippen molar-refractivity contribution in [2.45, 2.75) is 18.8 Å². The van der Waals surface area contributed by atoms with Crippen LogP contribution in [0, 0.1) is 4.64 Å². The predicted octanol–water partition coefficient (Wildman–Crippen LogP) is 4.34. The third kappa shape index (κ3) is 2.26. The van der Waals surface area contributed by atoms with Gasteiger partial charge in [-0.05, 0) is 25.0 Å². The first-order valence-corrected chi connectivity index (χ1v) is 6.39. The summed E-state index contributed by atoms with van der Waals surface area (Å²) in [7, 11) is 0. The van der Waals surface area contributed by atoms with Crippen molar-refractivity contribution in [1.82, 2.24) is 9.97 Å². The van der Waals surface area contributed by atoms with Crippen molar-refractivity contribution in [2.75, 3.05) is 0 Å². The van der Waals surface area contributed by atoms with Gasteiger partial charge in [0.15, 0.2) is 0 Å². The van der Waals surface area contributed by atoms with E-state index in [1.54, 1.807) is 0 Å². The Labute approximate surface area is 110 Å². The van der Waals surface area contributed by atoms with E-state index in [2.05, 4.69) is 9.97 Å². The molecule has 0 radical (unpaired) electrons. The fraction of sp³-hybridized carbons (Fsp3) is 0.231. The average molecular weight is 263 g/mol. The summed E-state index contributed by atoms with van der Waals surface area (Å²) < 4.78 is 0.626. The molecule has 0 aliphatic heterocycles. The molecular formula is C13H11ClN2S. The van der Waals surface area contributed by atoms with E-state index in [4.69, 9.17) is 23.8 Å². The minimum absolute atomic E-state index is 0.555. The van der Waals surface area contributed by atoms with E-state index in [0.29, 0.717) is 10.6 Å². The highest BCUT2D eigenvalue weighted by atomic mass is 35.5. The maximum Gasteiger partial charge on any atom is 0.130 e. The Bertz CT molecular complexity index is 617. The number of H-pyrrole nitrogens is 1. The molecule has 2 aromatic rings. The molecule has 17 heavy (non-hydrogen) atoms. The summed E-state index contributed by atoms with van der Waals surface area (Å²) in [5, 5.41) is 0.728. The largest absolute Gasteiger partial charge is 0.343 e. The Hall–Kier alpha value is -1.19. The van der Waals surface area contributed by atoms with E-state index in [1.807, 2.05) is 30.3 Å². The molecule has 0 atom stereocenters. The van der Waals surface area contributed by atoms with Gasteiger partial charge in [0.1, 0.15) is 10.5 Å². The number of rotatable bonds is 2. The van der Waals surface area contributed by atoms with E-state index in [-0.39, 0.29) is 0 Å². The first-order valence-electron chi connectivity index (χ1n) is 5.60. The molecule has 0 saturated heterocycles. The highest BCUT2D eigenvalue weighted by Gasteiger charge is 2.26. The summed E-state index contributed by atoms with van der Waals surface area (Å²) >= 11 is 11.4. The lowest BCUT2D eigenvalue weighted by atomic mass is 10.1. The molecule has 1 fully saturated rings. The van der Waals surface area contributed by atoms with E-state index >= 15 is 0 Å². The average Bonchev–Trinajstić information content (AvgIpc) is 3.12. The molecular weight excluding hydrogens is 252 g/mol. The number of nitrogens with zero attached hydrogens (tertiary/aromatic N) is 1. The van der Waals surface area contributed by atoms with E-state index in [0.717, 1.165) is 22.1 Å². The molecule has 0 amide bonds. The molecule has 1 saturated carbocycles. The minimum atomic E-state index is 0.555. The number of halogens is 1. The van der Waals surface area contributed by atoms with Crippen LogP contribution in [0.2, 0.25) is 5.02 Å². The van der Waals surface area contributed by atoms with E-state index < -0.39 is 0 Å². The van der Waals surface area contributed by atoms with Crippen molar-refractivity contribution in [2.24, 2.45) is 0 Å². The second-order valence-electron chi connectivity index (χ2n) is 4.27. The Morgan fingerprint density at radius 2 is 2.06 bits per heavy atom. The molecule has 1 aromatic carbocycles. The maximum atomic E-state index is 6.18. The van der Waals surface area contributed by atoms with Gasteiger partial charge >= 0.3 is 0 Å². The monoisotopic (exact) mass is 262 g/mol. The van der Waals surface area contributed by atoms with Gasteiger partial charge < -0.3 is 4.98 Å². The van der Waals surface area contributed by atoms with Gasteiger partial charge in [-0.15, -0.1) is 0 Å². The normalized spacial score (nSPS) is 14.9. The number of aromatic amines is 1. The second-order valence-corrected chi connectivity index (χ2v) is 5.10. The smallest absolute Gasteiger partial charge is 0.130 e. The molecule has 1 heterocycles. The topological polar surface area (TPSA) is 28.7 Å². The Morgan fingerprint density at radius 1 is 1.29 bits per heavy atom. The van der Waals surface area contributed by atoms with Crippen LogP contribution in [0.3, 0.4) is 0 Å². The fourth-order valence-corrected chi connectivity index (χ4v) is 2.31. The number of hydrogen-bond donors (Lipinski definition) is 1. The summed E-state index contributed by atoms with van der Waals surface area (Å²) in [5.41, 5.74) is 1.93. The van der Waals surface area contributed by atoms with Crippen LogP contribution in [0.5, 0.6) is 0 Å². The van der Waals surface area contributed by atoms with Crippen LogP contribution in [0.25, 0.3) is 11.3 Å². The second kappa shape index (κ2) is 4.24. The standard InChI is InChI=1S/C13H11ClN2S/c14-10-4-2-1-3-9(10)11-7-12(17)16-13(15-11)8-5-6-8/h1-4,7-8H,5-6H2,(H,15,16,17). The summed E-state index contributed by atoms with van der Waals surface area (Å²) in [4.78, 5) is 7.71. The van der Waals surface area contributed by atoms with Crippen LogP contribution in [0.1, 0.15) is 24.6 Å². The van der Waals surface area contributed by atoms with Crippen LogP contribution in [-0.2, 0) is 0 Å². The number of benzene rings is 1. The summed E-state index contributed by atoms with van der Waals surface area (Å²) in [6.45, 7) is 0. The quantitative estimate of drug-likeness (QED) is 0.816. The van der Waals surface area contributed by atoms with Gasteiger partial charge in [-0.25, -0.2) is 4.98 Å². The van der Waals surface area contributed by atoms with Crippen molar-refractivity contribution >= 4 is 23.8 Å². The fourth-order valence-electron chi connectivity index (χ4n) is 1.85. The predicted molar refractivity (Wildman–Crippen MR) is 71.8 cm³/mol. The van der Waals surface area contributed by atoms with Gasteiger partial charge in [0.2, 0.25) is 0 Å². The maximum absolute atomic E-state index is 6.18. The van der Waals surface area contributed by atoms with Crippen molar-refractivity contribution in [1.29, 1.82) is 0 Å². The molecule has 0 bridgehead atoms. The zero-order valence-corrected chi connectivity index (χ0v) is 10.7. The van der Waals surface area contributed by atoms with Gasteiger partial charge in [0, 0.05) is 16.5 Å². The molecule has 0 spiro atoms. The summed E-state index contributed by atoms with van der Waals surface area (Å²) in [6, 6.07) is 9.62. The molecule has 1 N–H and O–H groups in total. The third-order valence-electron chi connectivity index (χ3n) is 2.89. The van der Waals surface area contributed by atoms with Gasteiger partial charge in [0.05, 0.1) is 5.69 Å². The van der Waals surface area contributed by atoms with Crippen LogP contribution in [0.4, 0.5) is 0 Å². The van der Waals surface area contributed by atoms with Crippen LogP contribution >= 0.6 is 23.8 Å². The van der Waals surface area contributed by atoms with Gasteiger partial charge in [-0.1, -0.05) is 42.0 Å². The number of hydrogen-bond acceptors (Lipinski definition) is 2. The first-order chi connectivity index (χ1) is 8.24. The third-order valence-corrected chi connectivity index (χ3v) is 3.43. The summed E-state index contributed by atoms with van der Waals surface area (Å²) in [6.07, 6.45) is 2.40. The Kier molecular flexibility index (Phi) is 2.73. The molecule has 1 aliphatic rings. The highest BCUT2D eigenvalue weighted by molar-refractivity contribution is 7.71. The zero-order valence-electron chi connectivity index (χ0n) is 9.11. The first kappa shape index (κ1) is 10.9. The lowest BCUT2D eigenvalue weighted by Gasteiger charge is -2.06. The summed E-state index contributed by atoms with van der Waals surface area (Å²) in [5.74, 6) is 1.55. The SMILES string of the molecule is S=c1cc(-c2ccccc2Cl)[nH]c(C2CC2)n1. The molecule has 0 unspecified atom stereocenters. The molecule has 1 aliphatic carbocycles. The number of nitrogens with one attached hydrogen (secondary N) is 1. The van der Waals surface area contributed by atoms with Crippen LogP contribution < -0.4 is 0 Å². The van der Waals surface area contributed by atoms with Crippen molar-refractivity contribution < 1.29 is 0 Å². The van der Waals surface area contributed by atoms with Crippen molar-refractivity contribution in [3.05, 3.63) is 45.8 Å². The number of aromatic nitrogens is 2. The minimum Gasteiger partial charge on any atom is -0.343 e. The van der Waals surface area contributed by atoms with Gasteiger partial charge in [-0.3, -0.25) is 0 Å². The molecule has 3 rings (SSSR count). The lowest BCUT2D eigenvalue weighted by Crippen LogP contribution is -1.95. The Balaban J connectivity index is 2.14. The van der Waals surface area contributed by atoms with Gasteiger partial charge in [-0.2, -0.15) is 0 Å². The molecule has 86 valence electrons. The van der Waals surface area contributed by atoms with Crippen molar-refractivity contribution in [3.63, 3.8) is 0 Å². The highest BCUT2D eigenvalue weighted by Crippen LogP contribution is 2.38. The zero-order chi connectivity index (χ0) is 11.8. The van der Waals surface area contributed by atoms with Crippen molar-refractivity contribution in [3.8, 4) is 11.3 Å². The van der Waals surface area contributed by atoms with Gasteiger partial charge in [0.25, 0.3) is 0 Å². The van der Waals surface area contributed by atoms with E-state index in [1.165, 1.54) is 12.8 Å².